The SMILES string of the molecule is c1ccc([C@@H]2COC(NC3=N[C@@H](c4ccccc4)CO3)=N2)cc1. The van der Waals surface area contributed by atoms with Crippen LogP contribution in [0.5, 0.6) is 0 Å². The lowest BCUT2D eigenvalue weighted by molar-refractivity contribution is 0.293. The van der Waals surface area contributed by atoms with Crippen molar-refractivity contribution in [2.24, 2.45) is 9.98 Å². The largest absolute Gasteiger partial charge is 0.462 e. The van der Waals surface area contributed by atoms with E-state index in [1.807, 2.05) is 36.4 Å². The van der Waals surface area contributed by atoms with Gasteiger partial charge >= 0.3 is 0 Å². The Morgan fingerprint density at radius 3 is 1.57 bits per heavy atom. The van der Waals surface area contributed by atoms with Crippen molar-refractivity contribution in [1.29, 1.82) is 0 Å². The number of ether oxygens (including phenoxy) is 2. The minimum absolute atomic E-state index is 0.0191. The second kappa shape index (κ2) is 6.12. The zero-order chi connectivity index (χ0) is 15.5. The van der Waals surface area contributed by atoms with Gasteiger partial charge in [0, 0.05) is 0 Å². The molecule has 2 aliphatic heterocycles. The van der Waals surface area contributed by atoms with Crippen molar-refractivity contribution < 1.29 is 9.47 Å². The molecule has 0 unspecified atom stereocenters. The predicted molar refractivity (Wildman–Crippen MR) is 88.3 cm³/mol. The third-order valence-electron chi connectivity index (χ3n) is 3.88. The molecule has 4 rings (SSSR count). The first kappa shape index (κ1) is 13.8. The van der Waals surface area contributed by atoms with Crippen LogP contribution in [0.3, 0.4) is 0 Å². The fourth-order valence-electron chi connectivity index (χ4n) is 2.67. The van der Waals surface area contributed by atoms with Crippen LogP contribution in [0.2, 0.25) is 0 Å². The van der Waals surface area contributed by atoms with E-state index in [0.29, 0.717) is 25.3 Å². The topological polar surface area (TPSA) is 55.2 Å². The molecular formula is C18H17N3O2. The summed E-state index contributed by atoms with van der Waals surface area (Å²) >= 11 is 0. The molecule has 0 amide bonds. The molecule has 0 aliphatic carbocycles. The highest BCUT2D eigenvalue weighted by atomic mass is 16.5. The third-order valence-corrected chi connectivity index (χ3v) is 3.88. The Labute approximate surface area is 134 Å². The van der Waals surface area contributed by atoms with E-state index in [-0.39, 0.29) is 12.1 Å². The lowest BCUT2D eigenvalue weighted by Crippen LogP contribution is -2.30. The molecule has 2 atom stereocenters. The summed E-state index contributed by atoms with van der Waals surface area (Å²) in [7, 11) is 0. The zero-order valence-electron chi connectivity index (χ0n) is 12.6. The Kier molecular flexibility index (Phi) is 3.68. The van der Waals surface area contributed by atoms with Crippen LogP contribution in [0.4, 0.5) is 0 Å². The summed E-state index contributed by atoms with van der Waals surface area (Å²) in [5.74, 6) is 0. The first-order valence-electron chi connectivity index (χ1n) is 7.66. The maximum Gasteiger partial charge on any atom is 0.293 e. The number of amidine groups is 2. The summed E-state index contributed by atoms with van der Waals surface area (Å²) in [4.78, 5) is 9.08. The van der Waals surface area contributed by atoms with Gasteiger partial charge in [-0.1, -0.05) is 60.7 Å². The molecule has 2 aromatic carbocycles. The number of aliphatic imine (C=N–C) groups is 2. The van der Waals surface area contributed by atoms with Gasteiger partial charge in [-0.15, -0.1) is 0 Å². The van der Waals surface area contributed by atoms with Crippen molar-refractivity contribution in [3.63, 3.8) is 0 Å². The van der Waals surface area contributed by atoms with Gasteiger partial charge in [0.25, 0.3) is 12.0 Å². The summed E-state index contributed by atoms with van der Waals surface area (Å²) in [5, 5.41) is 3.03. The van der Waals surface area contributed by atoms with Crippen molar-refractivity contribution >= 4 is 12.0 Å². The lowest BCUT2D eigenvalue weighted by Gasteiger charge is -2.03. The Bertz CT molecular complexity index is 665. The number of hydrogen-bond acceptors (Lipinski definition) is 5. The highest BCUT2D eigenvalue weighted by Crippen LogP contribution is 2.24. The fourth-order valence-corrected chi connectivity index (χ4v) is 2.67. The average molecular weight is 307 g/mol. The molecule has 0 saturated heterocycles. The molecule has 0 spiro atoms. The number of hydrogen-bond donors (Lipinski definition) is 1. The second-order valence-corrected chi connectivity index (χ2v) is 5.47. The molecule has 0 saturated carbocycles. The number of nitrogens with zero attached hydrogens (tertiary/aromatic N) is 2. The normalized spacial score (nSPS) is 22.8. The van der Waals surface area contributed by atoms with Crippen molar-refractivity contribution in [3.8, 4) is 0 Å². The molecule has 0 aromatic heterocycles. The standard InChI is InChI=1S/C18H17N3O2/c1-3-7-13(8-4-1)15-11-22-17(19-15)21-18-20-16(12-23-18)14-9-5-2-6-10-14/h1-10,15-16H,11-12H2,(H,19,20,21)/t15-,16+. The number of nitrogens with one attached hydrogen (secondary N) is 1. The van der Waals surface area contributed by atoms with Crippen LogP contribution in [0.25, 0.3) is 0 Å². The Morgan fingerprint density at radius 2 is 1.13 bits per heavy atom. The summed E-state index contributed by atoms with van der Waals surface area (Å²) < 4.78 is 11.2. The van der Waals surface area contributed by atoms with E-state index in [4.69, 9.17) is 9.47 Å². The summed E-state index contributed by atoms with van der Waals surface area (Å²) in [6, 6.07) is 21.2. The first-order chi connectivity index (χ1) is 11.4. The molecule has 0 fully saturated rings. The van der Waals surface area contributed by atoms with Gasteiger partial charge in [-0.3, -0.25) is 5.32 Å². The molecule has 2 aliphatic rings. The van der Waals surface area contributed by atoms with E-state index in [2.05, 4.69) is 39.6 Å². The number of rotatable bonds is 2. The van der Waals surface area contributed by atoms with E-state index in [1.165, 1.54) is 0 Å². The summed E-state index contributed by atoms with van der Waals surface area (Å²) in [6.45, 7) is 1.06. The van der Waals surface area contributed by atoms with E-state index >= 15 is 0 Å². The molecule has 5 heteroatoms. The van der Waals surface area contributed by atoms with Crippen LogP contribution < -0.4 is 5.32 Å². The quantitative estimate of drug-likeness (QED) is 0.928. The van der Waals surface area contributed by atoms with Gasteiger partial charge in [0.05, 0.1) is 0 Å². The number of benzene rings is 2. The Balaban J connectivity index is 1.43. The van der Waals surface area contributed by atoms with Crippen LogP contribution in [0, 0.1) is 0 Å². The van der Waals surface area contributed by atoms with E-state index < -0.39 is 0 Å². The molecule has 5 nitrogen and oxygen atoms in total. The molecular weight excluding hydrogens is 290 g/mol. The highest BCUT2D eigenvalue weighted by Gasteiger charge is 2.25. The maximum atomic E-state index is 5.60. The van der Waals surface area contributed by atoms with E-state index in [0.717, 1.165) is 11.1 Å². The molecule has 23 heavy (non-hydrogen) atoms. The van der Waals surface area contributed by atoms with Gasteiger partial charge in [0.1, 0.15) is 25.3 Å². The minimum atomic E-state index is 0.0191. The van der Waals surface area contributed by atoms with Gasteiger partial charge in [-0.25, -0.2) is 9.98 Å². The van der Waals surface area contributed by atoms with Gasteiger partial charge in [0.2, 0.25) is 0 Å². The summed E-state index contributed by atoms with van der Waals surface area (Å²) in [6.07, 6.45) is 0. The molecule has 0 bridgehead atoms. The van der Waals surface area contributed by atoms with Crippen LogP contribution in [0.1, 0.15) is 23.2 Å². The van der Waals surface area contributed by atoms with E-state index in [1.54, 1.807) is 0 Å². The second-order valence-electron chi connectivity index (χ2n) is 5.47. The maximum absolute atomic E-state index is 5.60. The van der Waals surface area contributed by atoms with Crippen molar-refractivity contribution in [2.45, 2.75) is 12.1 Å². The molecule has 1 N–H and O–H groups in total. The van der Waals surface area contributed by atoms with Crippen LogP contribution in [0.15, 0.2) is 70.6 Å². The van der Waals surface area contributed by atoms with Crippen LogP contribution >= 0.6 is 0 Å². The first-order valence-corrected chi connectivity index (χ1v) is 7.66. The Morgan fingerprint density at radius 1 is 0.696 bits per heavy atom. The van der Waals surface area contributed by atoms with Crippen molar-refractivity contribution in [1.82, 2.24) is 5.32 Å². The average Bonchev–Trinajstić information content (AvgIpc) is 3.27. The molecule has 0 radical (unpaired) electrons. The molecule has 2 heterocycles. The van der Waals surface area contributed by atoms with Gasteiger partial charge in [-0.2, -0.15) is 0 Å². The van der Waals surface area contributed by atoms with Crippen LogP contribution in [-0.2, 0) is 9.47 Å². The monoisotopic (exact) mass is 307 g/mol. The van der Waals surface area contributed by atoms with Gasteiger partial charge in [-0.05, 0) is 11.1 Å². The van der Waals surface area contributed by atoms with Gasteiger partial charge in [0.15, 0.2) is 0 Å². The van der Waals surface area contributed by atoms with E-state index in [9.17, 15) is 0 Å². The smallest absolute Gasteiger partial charge is 0.293 e. The molecule has 2 aromatic rings. The van der Waals surface area contributed by atoms with Crippen molar-refractivity contribution in [3.05, 3.63) is 71.8 Å². The molecule has 116 valence electrons. The Hall–Kier alpha value is -2.82. The van der Waals surface area contributed by atoms with Crippen molar-refractivity contribution in [2.75, 3.05) is 13.2 Å². The minimum Gasteiger partial charge on any atom is -0.462 e. The zero-order valence-corrected chi connectivity index (χ0v) is 12.6. The predicted octanol–water partition coefficient (Wildman–Crippen LogP) is 2.83. The highest BCUT2D eigenvalue weighted by molar-refractivity contribution is 5.94. The fraction of sp³-hybridized carbons (Fsp3) is 0.222. The van der Waals surface area contributed by atoms with Gasteiger partial charge < -0.3 is 9.47 Å². The lowest BCUT2D eigenvalue weighted by atomic mass is 10.1. The third kappa shape index (κ3) is 3.04. The van der Waals surface area contributed by atoms with Crippen LogP contribution in [-0.4, -0.2) is 25.3 Å². The summed E-state index contributed by atoms with van der Waals surface area (Å²) in [5.41, 5.74) is 2.28.